The van der Waals surface area contributed by atoms with Gasteiger partial charge >= 0.3 is 0 Å². The lowest BCUT2D eigenvalue weighted by Gasteiger charge is -2.04. The van der Waals surface area contributed by atoms with Gasteiger partial charge in [-0.2, -0.15) is 11.3 Å². The summed E-state index contributed by atoms with van der Waals surface area (Å²) in [6, 6.07) is 10.2. The second-order valence-corrected chi connectivity index (χ2v) is 8.63. The first kappa shape index (κ1) is 16.3. The third kappa shape index (κ3) is 4.48. The maximum absolute atomic E-state index is 11.0. The zero-order chi connectivity index (χ0) is 16.3. The Kier molecular flexibility index (Phi) is 4.91. The zero-order valence-corrected chi connectivity index (χ0v) is 15.0. The molecule has 0 saturated carbocycles. The summed E-state index contributed by atoms with van der Waals surface area (Å²) in [6.07, 6.45) is 1.84. The molecule has 23 heavy (non-hydrogen) atoms. The van der Waals surface area contributed by atoms with Gasteiger partial charge in [-0.05, 0) is 23.4 Å². The fraction of sp³-hybridized carbons (Fsp3) is 0.188. The highest BCUT2D eigenvalue weighted by molar-refractivity contribution is 7.88. The average Bonchev–Trinajstić information content (AvgIpc) is 3.18. The number of hydrogen-bond donors (Lipinski definition) is 1. The van der Waals surface area contributed by atoms with Crippen molar-refractivity contribution in [3.05, 3.63) is 52.0 Å². The van der Waals surface area contributed by atoms with Gasteiger partial charge in [-0.1, -0.05) is 24.3 Å². The second-order valence-electron chi connectivity index (χ2n) is 5.16. The molecule has 0 radical (unpaired) electrons. The maximum Gasteiger partial charge on any atom is 0.208 e. The van der Waals surface area contributed by atoms with Crippen molar-refractivity contribution >= 4 is 32.7 Å². The Morgan fingerprint density at radius 2 is 1.87 bits per heavy atom. The van der Waals surface area contributed by atoms with Gasteiger partial charge in [0, 0.05) is 28.4 Å². The number of benzene rings is 1. The van der Waals surface area contributed by atoms with Gasteiger partial charge < -0.3 is 0 Å². The largest absolute Gasteiger partial charge is 0.236 e. The third-order valence-electron chi connectivity index (χ3n) is 3.30. The number of hydrogen-bond acceptors (Lipinski definition) is 5. The first-order valence-corrected chi connectivity index (χ1v) is 10.7. The van der Waals surface area contributed by atoms with E-state index >= 15 is 0 Å². The van der Waals surface area contributed by atoms with Crippen LogP contribution in [0.25, 0.3) is 21.8 Å². The van der Waals surface area contributed by atoms with Gasteiger partial charge in [0.2, 0.25) is 10.0 Å². The summed E-state index contributed by atoms with van der Waals surface area (Å²) in [5.74, 6) is 0. The number of aromatic nitrogens is 1. The molecule has 0 aliphatic heterocycles. The van der Waals surface area contributed by atoms with Gasteiger partial charge in [-0.25, -0.2) is 18.1 Å². The number of rotatable bonds is 6. The first-order chi connectivity index (χ1) is 11.0. The highest BCUT2D eigenvalue weighted by Crippen LogP contribution is 2.30. The van der Waals surface area contributed by atoms with Gasteiger partial charge in [0.1, 0.15) is 5.01 Å². The van der Waals surface area contributed by atoms with E-state index in [-0.39, 0.29) is 0 Å². The Labute approximate surface area is 143 Å². The summed E-state index contributed by atoms with van der Waals surface area (Å²) in [7, 11) is -3.12. The van der Waals surface area contributed by atoms with Gasteiger partial charge in [0.25, 0.3) is 0 Å². The Bertz CT molecular complexity index is 866. The van der Waals surface area contributed by atoms with Crippen LogP contribution in [0, 0.1) is 0 Å². The van der Waals surface area contributed by atoms with Crippen LogP contribution in [0.3, 0.4) is 0 Å². The molecule has 0 amide bonds. The minimum absolute atomic E-state index is 0.414. The molecule has 3 rings (SSSR count). The predicted molar refractivity (Wildman–Crippen MR) is 97.4 cm³/mol. The molecule has 0 aliphatic rings. The quantitative estimate of drug-likeness (QED) is 0.726. The minimum Gasteiger partial charge on any atom is -0.236 e. The summed E-state index contributed by atoms with van der Waals surface area (Å²) < 4.78 is 24.6. The highest BCUT2D eigenvalue weighted by atomic mass is 32.2. The molecule has 1 aromatic carbocycles. The van der Waals surface area contributed by atoms with Crippen molar-refractivity contribution in [2.75, 3.05) is 12.8 Å². The van der Waals surface area contributed by atoms with Crippen LogP contribution < -0.4 is 4.72 Å². The van der Waals surface area contributed by atoms with Gasteiger partial charge in [0.15, 0.2) is 0 Å². The Morgan fingerprint density at radius 1 is 1.09 bits per heavy atom. The SMILES string of the molecule is CS(=O)(=O)NCCc1ccc(-c2csc(-c3ccsc3)n2)cc1. The first-order valence-electron chi connectivity index (χ1n) is 7.03. The van der Waals surface area contributed by atoms with E-state index in [2.05, 4.69) is 31.9 Å². The zero-order valence-electron chi connectivity index (χ0n) is 12.5. The van der Waals surface area contributed by atoms with Crippen molar-refractivity contribution in [1.29, 1.82) is 0 Å². The van der Waals surface area contributed by atoms with Crippen LogP contribution in [0.4, 0.5) is 0 Å². The van der Waals surface area contributed by atoms with Crippen LogP contribution in [0.1, 0.15) is 5.56 Å². The van der Waals surface area contributed by atoms with Crippen LogP contribution in [-0.4, -0.2) is 26.2 Å². The molecule has 0 aliphatic carbocycles. The predicted octanol–water partition coefficient (Wildman–Crippen LogP) is 3.63. The number of thiazole rings is 1. The van der Waals surface area contributed by atoms with E-state index in [4.69, 9.17) is 0 Å². The molecule has 4 nitrogen and oxygen atoms in total. The smallest absolute Gasteiger partial charge is 0.208 e. The Balaban J connectivity index is 1.68. The molecule has 0 saturated heterocycles. The van der Waals surface area contributed by atoms with Crippen molar-refractivity contribution in [2.24, 2.45) is 0 Å². The summed E-state index contributed by atoms with van der Waals surface area (Å²) in [4.78, 5) is 4.68. The summed E-state index contributed by atoms with van der Waals surface area (Å²) in [6.45, 7) is 0.414. The van der Waals surface area contributed by atoms with Crippen LogP contribution in [-0.2, 0) is 16.4 Å². The lowest BCUT2D eigenvalue weighted by atomic mass is 10.1. The van der Waals surface area contributed by atoms with E-state index in [1.807, 2.05) is 24.3 Å². The molecule has 0 unspecified atom stereocenters. The number of nitrogens with one attached hydrogen (secondary N) is 1. The fourth-order valence-corrected chi connectivity index (χ4v) is 4.16. The topological polar surface area (TPSA) is 59.1 Å². The molecule has 2 heterocycles. The molecule has 3 aromatic rings. The molecule has 120 valence electrons. The number of nitrogens with zero attached hydrogens (tertiary/aromatic N) is 1. The van der Waals surface area contributed by atoms with Crippen molar-refractivity contribution in [1.82, 2.24) is 9.71 Å². The van der Waals surface area contributed by atoms with Crippen LogP contribution in [0.5, 0.6) is 0 Å². The van der Waals surface area contributed by atoms with E-state index < -0.39 is 10.0 Å². The van der Waals surface area contributed by atoms with Gasteiger partial charge in [-0.15, -0.1) is 11.3 Å². The van der Waals surface area contributed by atoms with Crippen LogP contribution in [0.2, 0.25) is 0 Å². The second kappa shape index (κ2) is 6.92. The Hall–Kier alpha value is -1.54. The van der Waals surface area contributed by atoms with E-state index in [1.165, 1.54) is 6.26 Å². The molecule has 0 fully saturated rings. The maximum atomic E-state index is 11.0. The number of sulfonamides is 1. The van der Waals surface area contributed by atoms with Crippen molar-refractivity contribution in [3.63, 3.8) is 0 Å². The van der Waals surface area contributed by atoms with Crippen molar-refractivity contribution < 1.29 is 8.42 Å². The number of thiophene rings is 1. The molecule has 0 spiro atoms. The van der Waals surface area contributed by atoms with E-state index in [0.29, 0.717) is 13.0 Å². The summed E-state index contributed by atoms with van der Waals surface area (Å²) in [5.41, 5.74) is 4.30. The normalized spacial score (nSPS) is 11.7. The molecule has 2 aromatic heterocycles. The molecule has 1 N–H and O–H groups in total. The lowest BCUT2D eigenvalue weighted by molar-refractivity contribution is 0.588. The Morgan fingerprint density at radius 3 is 2.52 bits per heavy atom. The van der Waals surface area contributed by atoms with Crippen molar-refractivity contribution in [2.45, 2.75) is 6.42 Å². The van der Waals surface area contributed by atoms with Gasteiger partial charge in [-0.3, -0.25) is 0 Å². The molecule has 0 atom stereocenters. The minimum atomic E-state index is -3.12. The standard InChI is InChI=1S/C16H16N2O2S3/c1-23(19,20)17-8-6-12-2-4-13(5-3-12)15-11-22-16(18-15)14-7-9-21-10-14/h2-5,7,9-11,17H,6,8H2,1H3. The summed E-state index contributed by atoms with van der Waals surface area (Å²) in [5, 5.41) is 7.24. The van der Waals surface area contributed by atoms with Crippen LogP contribution >= 0.6 is 22.7 Å². The highest BCUT2D eigenvalue weighted by Gasteiger charge is 2.07. The molecular weight excluding hydrogens is 348 g/mol. The fourth-order valence-electron chi connectivity index (χ4n) is 2.15. The lowest BCUT2D eigenvalue weighted by Crippen LogP contribution is -2.24. The molecule has 7 heteroatoms. The van der Waals surface area contributed by atoms with Crippen LogP contribution in [0.15, 0.2) is 46.5 Å². The monoisotopic (exact) mass is 364 g/mol. The van der Waals surface area contributed by atoms with Gasteiger partial charge in [0.05, 0.1) is 11.9 Å². The van der Waals surface area contributed by atoms with Crippen molar-refractivity contribution in [3.8, 4) is 21.8 Å². The average molecular weight is 365 g/mol. The molecule has 0 bridgehead atoms. The van der Waals surface area contributed by atoms with E-state index in [9.17, 15) is 8.42 Å². The third-order valence-corrected chi connectivity index (χ3v) is 5.60. The van der Waals surface area contributed by atoms with E-state index in [0.717, 1.165) is 27.4 Å². The summed E-state index contributed by atoms with van der Waals surface area (Å²) >= 11 is 3.31. The molecular formula is C16H16N2O2S3. The van der Waals surface area contributed by atoms with E-state index in [1.54, 1.807) is 22.7 Å².